The van der Waals surface area contributed by atoms with Gasteiger partial charge in [-0.15, -0.1) is 0 Å². The molecular weight excluding hydrogens is 356 g/mol. The van der Waals surface area contributed by atoms with Crippen molar-refractivity contribution in [1.82, 2.24) is 4.31 Å². The molecule has 1 aromatic carbocycles. The number of esters is 1. The molecular formula is C14H16N2O8S. The standard InChI is InChI=1S/C14H16N2O8S/c1-8-6-15(7-11(8)13(17)18)25(22,23)12-4-3-9(16(20)21)5-10(12)14(19)24-2/h3-5,8,11H,6-7H2,1-2H3,(H,17,18)/t8-,11-/m1/s1. The van der Waals surface area contributed by atoms with Crippen molar-refractivity contribution in [3.8, 4) is 0 Å². The molecule has 0 radical (unpaired) electrons. The molecule has 0 saturated carbocycles. The molecule has 1 fully saturated rings. The number of hydrogen-bond donors (Lipinski definition) is 1. The molecule has 136 valence electrons. The summed E-state index contributed by atoms with van der Waals surface area (Å²) in [5.41, 5.74) is -0.930. The van der Waals surface area contributed by atoms with Gasteiger partial charge in [0.05, 0.1) is 28.4 Å². The summed E-state index contributed by atoms with van der Waals surface area (Å²) >= 11 is 0. The first-order valence-corrected chi connectivity index (χ1v) is 8.63. The first kappa shape index (κ1) is 18.8. The van der Waals surface area contributed by atoms with Gasteiger partial charge in [0.2, 0.25) is 10.0 Å². The number of carboxylic acid groups (broad SMARTS) is 1. The second-order valence-electron chi connectivity index (χ2n) is 5.67. The third-order valence-electron chi connectivity index (χ3n) is 4.09. The highest BCUT2D eigenvalue weighted by atomic mass is 32.2. The number of carbonyl (C=O) groups is 2. The van der Waals surface area contributed by atoms with Crippen LogP contribution >= 0.6 is 0 Å². The molecule has 25 heavy (non-hydrogen) atoms. The van der Waals surface area contributed by atoms with Crippen LogP contribution in [0.2, 0.25) is 0 Å². The fourth-order valence-electron chi connectivity index (χ4n) is 2.71. The van der Waals surface area contributed by atoms with Crippen LogP contribution in [0.15, 0.2) is 23.1 Å². The Kier molecular flexibility index (Phi) is 5.09. The van der Waals surface area contributed by atoms with E-state index >= 15 is 0 Å². The smallest absolute Gasteiger partial charge is 0.339 e. The predicted octanol–water partition coefficient (Wildman–Crippen LogP) is 0.723. The molecule has 0 unspecified atom stereocenters. The molecule has 0 spiro atoms. The maximum Gasteiger partial charge on any atom is 0.339 e. The molecule has 2 atom stereocenters. The molecule has 2 rings (SSSR count). The molecule has 11 heteroatoms. The zero-order valence-electron chi connectivity index (χ0n) is 13.4. The first-order chi connectivity index (χ1) is 11.6. The molecule has 0 amide bonds. The molecule has 1 aliphatic rings. The zero-order chi connectivity index (χ0) is 18.9. The minimum absolute atomic E-state index is 0.0309. The van der Waals surface area contributed by atoms with Gasteiger partial charge in [-0.2, -0.15) is 4.31 Å². The van der Waals surface area contributed by atoms with Crippen LogP contribution < -0.4 is 0 Å². The van der Waals surface area contributed by atoms with Crippen LogP contribution in [-0.4, -0.2) is 54.9 Å². The third kappa shape index (κ3) is 3.46. The Labute approximate surface area is 143 Å². The first-order valence-electron chi connectivity index (χ1n) is 7.19. The van der Waals surface area contributed by atoms with Crippen LogP contribution in [0.4, 0.5) is 5.69 Å². The number of carbonyl (C=O) groups excluding carboxylic acids is 1. The quantitative estimate of drug-likeness (QED) is 0.452. The topological polar surface area (TPSA) is 144 Å². The molecule has 1 heterocycles. The molecule has 1 saturated heterocycles. The number of carboxylic acids is 1. The second kappa shape index (κ2) is 6.76. The van der Waals surface area contributed by atoms with Crippen molar-refractivity contribution < 1.29 is 32.8 Å². The van der Waals surface area contributed by atoms with Crippen LogP contribution in [0.5, 0.6) is 0 Å². The lowest BCUT2D eigenvalue weighted by Gasteiger charge is -2.17. The lowest BCUT2D eigenvalue weighted by Crippen LogP contribution is -2.31. The van der Waals surface area contributed by atoms with E-state index in [4.69, 9.17) is 5.11 Å². The van der Waals surface area contributed by atoms with Crippen LogP contribution in [0.3, 0.4) is 0 Å². The normalized spacial score (nSPS) is 21.0. The number of sulfonamides is 1. The van der Waals surface area contributed by atoms with Gasteiger partial charge in [-0.25, -0.2) is 13.2 Å². The molecule has 0 aromatic heterocycles. The predicted molar refractivity (Wildman–Crippen MR) is 83.5 cm³/mol. The van der Waals surface area contributed by atoms with Crippen LogP contribution in [0.1, 0.15) is 17.3 Å². The van der Waals surface area contributed by atoms with Crippen molar-refractivity contribution in [3.05, 3.63) is 33.9 Å². The molecule has 0 bridgehead atoms. The number of nitro groups is 1. The van der Waals surface area contributed by atoms with Crippen molar-refractivity contribution in [2.45, 2.75) is 11.8 Å². The second-order valence-corrected chi connectivity index (χ2v) is 7.58. The highest BCUT2D eigenvalue weighted by Crippen LogP contribution is 2.31. The van der Waals surface area contributed by atoms with E-state index in [1.807, 2.05) is 0 Å². The minimum Gasteiger partial charge on any atom is -0.481 e. The van der Waals surface area contributed by atoms with E-state index in [0.29, 0.717) is 0 Å². The molecule has 10 nitrogen and oxygen atoms in total. The van der Waals surface area contributed by atoms with Crippen LogP contribution in [0.25, 0.3) is 0 Å². The van der Waals surface area contributed by atoms with Gasteiger partial charge in [0.1, 0.15) is 0 Å². The summed E-state index contributed by atoms with van der Waals surface area (Å²) < 4.78 is 31.1. The Bertz CT molecular complexity index is 835. The SMILES string of the molecule is COC(=O)c1cc([N+](=O)[O-])ccc1S(=O)(=O)N1C[C@@H](C)[C@H](C(=O)O)C1. The zero-order valence-corrected chi connectivity index (χ0v) is 14.2. The molecule has 1 N–H and O–H groups in total. The lowest BCUT2D eigenvalue weighted by molar-refractivity contribution is -0.384. The fraction of sp³-hybridized carbons (Fsp3) is 0.429. The molecule has 0 aliphatic carbocycles. The number of nitrogens with zero attached hydrogens (tertiary/aromatic N) is 2. The van der Waals surface area contributed by atoms with Gasteiger partial charge in [-0.05, 0) is 12.0 Å². The van der Waals surface area contributed by atoms with E-state index in [2.05, 4.69) is 4.74 Å². The van der Waals surface area contributed by atoms with Crippen molar-refractivity contribution in [1.29, 1.82) is 0 Å². The number of methoxy groups -OCH3 is 1. The molecule has 1 aliphatic heterocycles. The van der Waals surface area contributed by atoms with Crippen molar-refractivity contribution >= 4 is 27.6 Å². The van der Waals surface area contributed by atoms with Gasteiger partial charge >= 0.3 is 11.9 Å². The van der Waals surface area contributed by atoms with Gasteiger partial charge in [0.25, 0.3) is 5.69 Å². The number of rotatable bonds is 5. The summed E-state index contributed by atoms with van der Waals surface area (Å²) in [6, 6.07) is 2.75. The summed E-state index contributed by atoms with van der Waals surface area (Å²) in [5.74, 6) is -3.42. The summed E-state index contributed by atoms with van der Waals surface area (Å²) in [6.45, 7) is 1.35. The summed E-state index contributed by atoms with van der Waals surface area (Å²) in [5, 5.41) is 20.0. The lowest BCUT2D eigenvalue weighted by atomic mass is 9.99. The monoisotopic (exact) mass is 372 g/mol. The Morgan fingerprint density at radius 1 is 1.36 bits per heavy atom. The van der Waals surface area contributed by atoms with Gasteiger partial charge in [-0.1, -0.05) is 6.92 Å². The van der Waals surface area contributed by atoms with Gasteiger partial charge in [-0.3, -0.25) is 14.9 Å². The number of nitro benzene ring substituents is 1. The van der Waals surface area contributed by atoms with E-state index in [0.717, 1.165) is 29.6 Å². The number of benzene rings is 1. The highest BCUT2D eigenvalue weighted by molar-refractivity contribution is 7.89. The number of hydrogen-bond acceptors (Lipinski definition) is 7. The van der Waals surface area contributed by atoms with E-state index in [9.17, 15) is 28.1 Å². The van der Waals surface area contributed by atoms with Gasteiger partial charge in [0.15, 0.2) is 0 Å². The molecule has 1 aromatic rings. The largest absolute Gasteiger partial charge is 0.481 e. The maximum absolute atomic E-state index is 12.8. The Morgan fingerprint density at radius 2 is 2.00 bits per heavy atom. The summed E-state index contributed by atoms with van der Waals surface area (Å²) in [7, 11) is -3.20. The van der Waals surface area contributed by atoms with Crippen molar-refractivity contribution in [2.75, 3.05) is 20.2 Å². The summed E-state index contributed by atoms with van der Waals surface area (Å²) in [6.07, 6.45) is 0. The number of ether oxygens (including phenoxy) is 1. The van der Waals surface area contributed by atoms with Crippen LogP contribution in [-0.2, 0) is 19.6 Å². The summed E-state index contributed by atoms with van der Waals surface area (Å²) in [4.78, 5) is 32.7. The maximum atomic E-state index is 12.8. The Hall–Kier alpha value is -2.53. The van der Waals surface area contributed by atoms with Gasteiger partial charge in [0, 0.05) is 25.2 Å². The van der Waals surface area contributed by atoms with E-state index in [1.54, 1.807) is 6.92 Å². The van der Waals surface area contributed by atoms with E-state index < -0.39 is 54.9 Å². The van der Waals surface area contributed by atoms with E-state index in [-0.39, 0.29) is 13.1 Å². The van der Waals surface area contributed by atoms with E-state index in [1.165, 1.54) is 0 Å². The Morgan fingerprint density at radius 3 is 2.48 bits per heavy atom. The van der Waals surface area contributed by atoms with Crippen molar-refractivity contribution in [3.63, 3.8) is 0 Å². The average molecular weight is 372 g/mol. The van der Waals surface area contributed by atoms with Gasteiger partial charge < -0.3 is 9.84 Å². The fourth-order valence-corrected chi connectivity index (χ4v) is 4.43. The average Bonchev–Trinajstić information content (AvgIpc) is 2.96. The van der Waals surface area contributed by atoms with Crippen molar-refractivity contribution in [2.24, 2.45) is 11.8 Å². The highest BCUT2D eigenvalue weighted by Gasteiger charge is 2.42. The number of non-ortho nitro benzene ring substituents is 1. The number of aliphatic carboxylic acids is 1. The Balaban J connectivity index is 2.51. The third-order valence-corrected chi connectivity index (χ3v) is 5.98. The minimum atomic E-state index is -4.22. The van der Waals surface area contributed by atoms with Crippen LogP contribution in [0, 0.1) is 22.0 Å².